The van der Waals surface area contributed by atoms with Crippen molar-refractivity contribution in [1.29, 1.82) is 0 Å². The van der Waals surface area contributed by atoms with E-state index in [0.29, 0.717) is 16.8 Å². The molecule has 118 valence electrons. The van der Waals surface area contributed by atoms with Crippen molar-refractivity contribution in [3.05, 3.63) is 45.4 Å². The predicted molar refractivity (Wildman–Crippen MR) is 79.3 cm³/mol. The molecule has 0 saturated heterocycles. The fraction of sp³-hybridized carbons (Fsp3) is 0.333. The molecule has 0 saturated carbocycles. The van der Waals surface area contributed by atoms with Gasteiger partial charge in [0.15, 0.2) is 11.5 Å². The molecule has 1 heterocycles. The molecule has 1 aromatic heterocycles. The summed E-state index contributed by atoms with van der Waals surface area (Å²) in [5.74, 6) is -0.672. The number of carbonyl (C=O) groups is 1. The Kier molecular flexibility index (Phi) is 4.55. The third kappa shape index (κ3) is 2.98. The fourth-order valence-corrected chi connectivity index (χ4v) is 2.42. The van der Waals surface area contributed by atoms with E-state index in [-0.39, 0.29) is 23.5 Å². The Hall–Kier alpha value is -2.70. The number of phenols is 1. The minimum absolute atomic E-state index is 0.00615. The molecule has 1 aromatic carbocycles. The number of H-pyrrole nitrogens is 2. The van der Waals surface area contributed by atoms with Crippen molar-refractivity contribution >= 4 is 5.97 Å². The number of nitrogens with one attached hydrogen (secondary N) is 2. The van der Waals surface area contributed by atoms with E-state index < -0.39 is 11.9 Å². The highest BCUT2D eigenvalue weighted by atomic mass is 16.5. The van der Waals surface area contributed by atoms with Gasteiger partial charge in [0, 0.05) is 17.2 Å². The number of benzene rings is 1. The summed E-state index contributed by atoms with van der Waals surface area (Å²) in [4.78, 5) is 23.7. The zero-order valence-electron chi connectivity index (χ0n) is 12.6. The van der Waals surface area contributed by atoms with Crippen LogP contribution < -0.4 is 10.3 Å². The van der Waals surface area contributed by atoms with E-state index in [9.17, 15) is 14.7 Å². The summed E-state index contributed by atoms with van der Waals surface area (Å²) >= 11 is 0. The average Bonchev–Trinajstić information content (AvgIpc) is 2.84. The first-order valence-electron chi connectivity index (χ1n) is 6.68. The summed E-state index contributed by atoms with van der Waals surface area (Å²) in [6.45, 7) is 1.75. The van der Waals surface area contributed by atoms with Crippen LogP contribution in [-0.2, 0) is 9.53 Å². The molecule has 0 fully saturated rings. The van der Waals surface area contributed by atoms with Crippen molar-refractivity contribution < 1.29 is 19.4 Å². The van der Waals surface area contributed by atoms with Gasteiger partial charge >= 0.3 is 5.97 Å². The molecule has 0 unspecified atom stereocenters. The lowest BCUT2D eigenvalue weighted by Crippen LogP contribution is -2.17. The third-order valence-electron chi connectivity index (χ3n) is 3.57. The zero-order valence-corrected chi connectivity index (χ0v) is 12.6. The van der Waals surface area contributed by atoms with Crippen LogP contribution in [0.1, 0.15) is 29.2 Å². The topological polar surface area (TPSA) is 104 Å². The Morgan fingerprint density at radius 3 is 2.59 bits per heavy atom. The van der Waals surface area contributed by atoms with Crippen LogP contribution in [0, 0.1) is 6.92 Å². The normalized spacial score (nSPS) is 12.0. The first-order chi connectivity index (χ1) is 10.5. The van der Waals surface area contributed by atoms with Gasteiger partial charge < -0.3 is 19.7 Å². The molecular weight excluding hydrogens is 288 g/mol. The van der Waals surface area contributed by atoms with Crippen LogP contribution in [0.15, 0.2) is 23.0 Å². The van der Waals surface area contributed by atoms with Crippen molar-refractivity contribution in [1.82, 2.24) is 10.2 Å². The van der Waals surface area contributed by atoms with E-state index >= 15 is 0 Å². The number of hydrogen-bond donors (Lipinski definition) is 3. The number of methoxy groups -OCH3 is 2. The number of esters is 1. The molecule has 0 aliphatic heterocycles. The zero-order chi connectivity index (χ0) is 16.3. The highest BCUT2D eigenvalue weighted by molar-refractivity contribution is 5.71. The summed E-state index contributed by atoms with van der Waals surface area (Å²) in [6, 6.07) is 4.72. The lowest BCUT2D eigenvalue weighted by Gasteiger charge is -2.16. The number of aromatic amines is 2. The van der Waals surface area contributed by atoms with E-state index in [2.05, 4.69) is 10.2 Å². The summed E-state index contributed by atoms with van der Waals surface area (Å²) in [6.07, 6.45) is 0.00615. The molecule has 2 aromatic rings. The van der Waals surface area contributed by atoms with Gasteiger partial charge in [0.25, 0.3) is 5.56 Å². The molecule has 0 aliphatic rings. The average molecular weight is 306 g/mol. The number of hydrogen-bond acceptors (Lipinski definition) is 5. The monoisotopic (exact) mass is 306 g/mol. The van der Waals surface area contributed by atoms with E-state index in [0.717, 1.165) is 0 Å². The van der Waals surface area contributed by atoms with Gasteiger partial charge in [-0.2, -0.15) is 0 Å². The smallest absolute Gasteiger partial charge is 0.306 e. The molecule has 0 amide bonds. The van der Waals surface area contributed by atoms with E-state index in [1.807, 2.05) is 0 Å². The third-order valence-corrected chi connectivity index (χ3v) is 3.57. The van der Waals surface area contributed by atoms with Gasteiger partial charge in [0.1, 0.15) is 0 Å². The Morgan fingerprint density at radius 2 is 2.05 bits per heavy atom. The van der Waals surface area contributed by atoms with Crippen molar-refractivity contribution in [2.45, 2.75) is 19.3 Å². The number of phenolic OH excluding ortho intramolecular Hbond substituents is 1. The summed E-state index contributed by atoms with van der Waals surface area (Å²) in [7, 11) is 2.73. The first-order valence-corrected chi connectivity index (χ1v) is 6.68. The molecule has 7 heteroatoms. The quantitative estimate of drug-likeness (QED) is 0.725. The number of ether oxygens (including phenoxy) is 2. The van der Waals surface area contributed by atoms with Crippen LogP contribution >= 0.6 is 0 Å². The van der Waals surface area contributed by atoms with Gasteiger partial charge in [-0.15, -0.1) is 0 Å². The minimum Gasteiger partial charge on any atom is -0.504 e. The van der Waals surface area contributed by atoms with Crippen molar-refractivity contribution in [3.8, 4) is 11.5 Å². The van der Waals surface area contributed by atoms with Crippen LogP contribution in [0.2, 0.25) is 0 Å². The Labute approximate surface area is 126 Å². The second-order valence-corrected chi connectivity index (χ2v) is 4.88. The SMILES string of the molecule is COC(=O)C[C@H](c1ccc(O)c(OC)c1)c1c(C)[nH][nH]c1=O. The second-order valence-electron chi connectivity index (χ2n) is 4.88. The van der Waals surface area contributed by atoms with Crippen molar-refractivity contribution in [3.63, 3.8) is 0 Å². The predicted octanol–water partition coefficient (Wildman–Crippen LogP) is 1.42. The van der Waals surface area contributed by atoms with Crippen LogP contribution in [-0.4, -0.2) is 35.5 Å². The fourth-order valence-electron chi connectivity index (χ4n) is 2.42. The molecule has 0 spiro atoms. The Bertz CT molecular complexity index is 732. The Balaban J connectivity index is 2.54. The van der Waals surface area contributed by atoms with Crippen LogP contribution in [0.5, 0.6) is 11.5 Å². The largest absolute Gasteiger partial charge is 0.504 e. The highest BCUT2D eigenvalue weighted by Crippen LogP contribution is 2.34. The maximum atomic E-state index is 12.0. The van der Waals surface area contributed by atoms with Crippen LogP contribution in [0.4, 0.5) is 0 Å². The van der Waals surface area contributed by atoms with E-state index in [1.54, 1.807) is 19.1 Å². The van der Waals surface area contributed by atoms with Gasteiger partial charge in [0.05, 0.1) is 20.6 Å². The molecule has 7 nitrogen and oxygen atoms in total. The van der Waals surface area contributed by atoms with E-state index in [1.165, 1.54) is 20.3 Å². The van der Waals surface area contributed by atoms with Gasteiger partial charge in [-0.05, 0) is 24.6 Å². The summed E-state index contributed by atoms with van der Waals surface area (Å²) < 4.78 is 9.80. The molecular formula is C15H18N2O5. The molecule has 2 rings (SSSR count). The number of aromatic hydroxyl groups is 1. The first kappa shape index (κ1) is 15.7. The molecule has 0 radical (unpaired) electrons. The molecule has 22 heavy (non-hydrogen) atoms. The Morgan fingerprint density at radius 1 is 1.32 bits per heavy atom. The summed E-state index contributed by atoms with van der Waals surface area (Å²) in [5, 5.41) is 14.9. The van der Waals surface area contributed by atoms with Gasteiger partial charge in [-0.25, -0.2) is 0 Å². The number of carbonyl (C=O) groups excluding carboxylic acids is 1. The van der Waals surface area contributed by atoms with Crippen molar-refractivity contribution in [2.24, 2.45) is 0 Å². The van der Waals surface area contributed by atoms with Gasteiger partial charge in [-0.3, -0.25) is 14.7 Å². The maximum absolute atomic E-state index is 12.0. The molecule has 1 atom stereocenters. The number of rotatable bonds is 5. The maximum Gasteiger partial charge on any atom is 0.306 e. The standard InChI is InChI=1S/C15H18N2O5/c1-8-14(15(20)17-16-8)10(7-13(19)22-3)9-4-5-11(18)12(6-9)21-2/h4-6,10,18H,7H2,1-3H3,(H2,16,17,20)/t10-/m1/s1. The van der Waals surface area contributed by atoms with Gasteiger partial charge in [-0.1, -0.05) is 6.07 Å². The van der Waals surface area contributed by atoms with Crippen molar-refractivity contribution in [2.75, 3.05) is 14.2 Å². The molecule has 0 aliphatic carbocycles. The lowest BCUT2D eigenvalue weighted by molar-refractivity contribution is -0.140. The molecule has 3 N–H and O–H groups in total. The number of aryl methyl sites for hydroxylation is 1. The van der Waals surface area contributed by atoms with E-state index in [4.69, 9.17) is 9.47 Å². The number of aromatic nitrogens is 2. The summed E-state index contributed by atoms with van der Waals surface area (Å²) in [5.41, 5.74) is 1.48. The lowest BCUT2D eigenvalue weighted by atomic mass is 9.88. The molecule has 0 bridgehead atoms. The highest BCUT2D eigenvalue weighted by Gasteiger charge is 2.25. The van der Waals surface area contributed by atoms with Crippen LogP contribution in [0.3, 0.4) is 0 Å². The van der Waals surface area contributed by atoms with Gasteiger partial charge in [0.2, 0.25) is 0 Å². The van der Waals surface area contributed by atoms with Crippen LogP contribution in [0.25, 0.3) is 0 Å². The minimum atomic E-state index is -0.503. The second kappa shape index (κ2) is 6.38.